The molecule has 0 radical (unpaired) electrons. The van der Waals surface area contributed by atoms with Crippen LogP contribution in [-0.2, 0) is 16.0 Å². The largest absolute Gasteiger partial charge is 0.494 e. The van der Waals surface area contributed by atoms with E-state index in [-0.39, 0.29) is 24.8 Å². The molecule has 4 aromatic rings. The van der Waals surface area contributed by atoms with Crippen molar-refractivity contribution in [3.05, 3.63) is 71.7 Å². The number of ether oxygens (including phenoxy) is 1. The Balaban J connectivity index is 1.31. The molecule has 0 saturated carbocycles. The monoisotopic (exact) mass is 446 g/mol. The number of carbonyl (C=O) groups excluding carboxylic acids is 2. The molecule has 4 rings (SSSR count). The average molecular weight is 447 g/mol. The van der Waals surface area contributed by atoms with Gasteiger partial charge in [0.15, 0.2) is 0 Å². The Morgan fingerprint density at radius 2 is 1.72 bits per heavy atom. The summed E-state index contributed by atoms with van der Waals surface area (Å²) in [6.45, 7) is 2.37. The lowest BCUT2D eigenvalue weighted by Gasteiger charge is -2.08. The normalized spacial score (nSPS) is 10.7. The smallest absolute Gasteiger partial charge is 0.243 e. The van der Waals surface area contributed by atoms with Gasteiger partial charge in [0.2, 0.25) is 11.8 Å². The lowest BCUT2D eigenvalue weighted by Crippen LogP contribution is -2.33. The number of carbonyl (C=O) groups is 2. The highest BCUT2D eigenvalue weighted by Gasteiger charge is 2.12. The van der Waals surface area contributed by atoms with Crippen molar-refractivity contribution in [2.24, 2.45) is 0 Å². The summed E-state index contributed by atoms with van der Waals surface area (Å²) in [5.74, 6) is 0.162. The number of benzene rings is 2. The molecule has 2 heterocycles. The van der Waals surface area contributed by atoms with Gasteiger partial charge in [-0.25, -0.2) is 9.97 Å². The Hall–Kier alpha value is -3.78. The molecule has 2 aromatic carbocycles. The van der Waals surface area contributed by atoms with Crippen molar-refractivity contribution in [2.75, 3.05) is 18.5 Å². The molecule has 0 spiro atoms. The van der Waals surface area contributed by atoms with Crippen LogP contribution in [0.15, 0.2) is 66.7 Å². The second-order valence-corrected chi connectivity index (χ2v) is 8.02. The van der Waals surface area contributed by atoms with E-state index < -0.39 is 0 Å². The Kier molecular flexibility index (Phi) is 6.72. The van der Waals surface area contributed by atoms with E-state index in [0.29, 0.717) is 17.3 Å². The van der Waals surface area contributed by atoms with Crippen LogP contribution in [0, 0.1) is 0 Å². The van der Waals surface area contributed by atoms with Gasteiger partial charge in [0, 0.05) is 11.3 Å². The highest BCUT2D eigenvalue weighted by atomic mass is 32.1. The van der Waals surface area contributed by atoms with E-state index in [0.717, 1.165) is 27.4 Å². The number of thiazole rings is 1. The molecule has 7 nitrogen and oxygen atoms in total. The van der Waals surface area contributed by atoms with Crippen molar-refractivity contribution < 1.29 is 14.3 Å². The fraction of sp³-hybridized carbons (Fsp3) is 0.167. The van der Waals surface area contributed by atoms with Gasteiger partial charge >= 0.3 is 0 Å². The number of amides is 2. The average Bonchev–Trinajstić information content (AvgIpc) is 3.21. The molecule has 2 N–H and O–H groups in total. The molecule has 0 unspecified atom stereocenters. The molecule has 0 aliphatic rings. The van der Waals surface area contributed by atoms with Crippen LogP contribution >= 0.6 is 11.3 Å². The summed E-state index contributed by atoms with van der Waals surface area (Å²) in [7, 11) is 0. The maximum atomic E-state index is 12.3. The van der Waals surface area contributed by atoms with E-state index >= 15 is 0 Å². The number of aromatic nitrogens is 2. The van der Waals surface area contributed by atoms with Gasteiger partial charge < -0.3 is 15.4 Å². The highest BCUT2D eigenvalue weighted by Crippen LogP contribution is 2.25. The lowest BCUT2D eigenvalue weighted by atomic mass is 10.1. The second kappa shape index (κ2) is 10.0. The summed E-state index contributed by atoms with van der Waals surface area (Å²) in [6.07, 6.45) is 0.0953. The first kappa shape index (κ1) is 21.5. The van der Waals surface area contributed by atoms with Gasteiger partial charge in [-0.1, -0.05) is 41.7 Å². The number of nitrogens with one attached hydrogen (secondary N) is 2. The van der Waals surface area contributed by atoms with E-state index in [2.05, 4.69) is 20.6 Å². The molecule has 2 amide bonds. The Morgan fingerprint density at radius 1 is 0.938 bits per heavy atom. The van der Waals surface area contributed by atoms with Crippen molar-refractivity contribution in [1.29, 1.82) is 0 Å². The summed E-state index contributed by atoms with van der Waals surface area (Å²) in [5, 5.41) is 6.03. The van der Waals surface area contributed by atoms with Crippen LogP contribution in [0.4, 0.5) is 5.69 Å². The fourth-order valence-electron chi connectivity index (χ4n) is 3.09. The maximum Gasteiger partial charge on any atom is 0.243 e. The van der Waals surface area contributed by atoms with Gasteiger partial charge in [-0.15, -0.1) is 0 Å². The quantitative estimate of drug-likeness (QED) is 0.426. The molecule has 0 aliphatic carbocycles. The van der Waals surface area contributed by atoms with Gasteiger partial charge in [0.05, 0.1) is 25.3 Å². The van der Waals surface area contributed by atoms with Crippen molar-refractivity contribution >= 4 is 39.2 Å². The van der Waals surface area contributed by atoms with Gasteiger partial charge in [-0.3, -0.25) is 9.59 Å². The van der Waals surface area contributed by atoms with Gasteiger partial charge in [0.1, 0.15) is 21.1 Å². The molecule has 32 heavy (non-hydrogen) atoms. The van der Waals surface area contributed by atoms with E-state index in [4.69, 9.17) is 4.74 Å². The Bertz CT molecular complexity index is 1220. The zero-order chi connectivity index (χ0) is 22.3. The standard InChI is InChI=1S/C24H22N4O3S/c1-2-31-18-10-8-17(9-11-18)26-22(30)15-25-21(29)14-23-27-20-13-12-19(28-24(20)32-23)16-6-4-3-5-7-16/h3-13H,2,14-15H2,1H3,(H,25,29)(H,26,30). The summed E-state index contributed by atoms with van der Waals surface area (Å²) in [6, 6.07) is 20.8. The first-order valence-electron chi connectivity index (χ1n) is 10.2. The number of rotatable bonds is 8. The van der Waals surface area contributed by atoms with Gasteiger partial charge in [0.25, 0.3) is 0 Å². The molecule has 0 atom stereocenters. The molecule has 2 aromatic heterocycles. The molecule has 0 bridgehead atoms. The van der Waals surface area contributed by atoms with Crippen molar-refractivity contribution in [3.63, 3.8) is 0 Å². The second-order valence-electron chi connectivity index (χ2n) is 6.95. The van der Waals surface area contributed by atoms with Crippen LogP contribution in [-0.4, -0.2) is 34.9 Å². The topological polar surface area (TPSA) is 93.2 Å². The summed E-state index contributed by atoms with van der Waals surface area (Å²) in [5.41, 5.74) is 3.29. The molecule has 8 heteroatoms. The minimum absolute atomic E-state index is 0.0953. The van der Waals surface area contributed by atoms with E-state index in [1.54, 1.807) is 24.3 Å². The van der Waals surface area contributed by atoms with Crippen LogP contribution in [0.5, 0.6) is 5.75 Å². The molecule has 0 aliphatic heterocycles. The molecule has 0 fully saturated rings. The Labute approximate surface area is 189 Å². The van der Waals surface area contributed by atoms with Crippen molar-refractivity contribution in [3.8, 4) is 17.0 Å². The number of nitrogens with zero attached hydrogens (tertiary/aromatic N) is 2. The predicted octanol–water partition coefficient (Wildman–Crippen LogP) is 4.05. The zero-order valence-corrected chi connectivity index (χ0v) is 18.3. The Morgan fingerprint density at radius 3 is 2.47 bits per heavy atom. The van der Waals surface area contributed by atoms with Crippen LogP contribution in [0.25, 0.3) is 21.6 Å². The first-order chi connectivity index (χ1) is 15.6. The third-order valence-electron chi connectivity index (χ3n) is 4.58. The van der Waals surface area contributed by atoms with Gasteiger partial charge in [-0.2, -0.15) is 0 Å². The van der Waals surface area contributed by atoms with Crippen LogP contribution in [0.3, 0.4) is 0 Å². The SMILES string of the molecule is CCOc1ccc(NC(=O)CNC(=O)Cc2nc3ccc(-c4ccccc4)nc3s2)cc1. The summed E-state index contributed by atoms with van der Waals surface area (Å²) in [4.78, 5) is 34.3. The first-order valence-corrected chi connectivity index (χ1v) is 11.0. The van der Waals surface area contributed by atoms with Gasteiger partial charge in [-0.05, 0) is 43.3 Å². The van der Waals surface area contributed by atoms with Crippen molar-refractivity contribution in [1.82, 2.24) is 15.3 Å². The fourth-order valence-corrected chi connectivity index (χ4v) is 4.03. The minimum Gasteiger partial charge on any atom is -0.494 e. The predicted molar refractivity (Wildman–Crippen MR) is 126 cm³/mol. The lowest BCUT2D eigenvalue weighted by molar-refractivity contribution is -0.123. The highest BCUT2D eigenvalue weighted by molar-refractivity contribution is 7.18. The maximum absolute atomic E-state index is 12.3. The van der Waals surface area contributed by atoms with E-state index in [1.165, 1.54) is 11.3 Å². The third-order valence-corrected chi connectivity index (χ3v) is 5.54. The van der Waals surface area contributed by atoms with E-state index in [1.807, 2.05) is 49.4 Å². The van der Waals surface area contributed by atoms with Crippen LogP contribution in [0.2, 0.25) is 0 Å². The number of hydrogen-bond acceptors (Lipinski definition) is 6. The summed E-state index contributed by atoms with van der Waals surface area (Å²) < 4.78 is 5.37. The van der Waals surface area contributed by atoms with Crippen molar-refractivity contribution in [2.45, 2.75) is 13.3 Å². The number of fused-ring (bicyclic) bond motifs is 1. The van der Waals surface area contributed by atoms with E-state index in [9.17, 15) is 9.59 Å². The zero-order valence-electron chi connectivity index (χ0n) is 17.5. The molecule has 0 saturated heterocycles. The number of anilines is 1. The van der Waals surface area contributed by atoms with Crippen LogP contribution in [0.1, 0.15) is 11.9 Å². The van der Waals surface area contributed by atoms with Crippen LogP contribution < -0.4 is 15.4 Å². The molecule has 162 valence electrons. The number of pyridine rings is 1. The third kappa shape index (κ3) is 5.47. The summed E-state index contributed by atoms with van der Waals surface area (Å²) >= 11 is 1.38. The molecular formula is C24H22N4O3S. The number of hydrogen-bond donors (Lipinski definition) is 2. The molecular weight excluding hydrogens is 424 g/mol. The minimum atomic E-state index is -0.305.